The zero-order valence-electron chi connectivity index (χ0n) is 10.7. The molecule has 0 heterocycles. The van der Waals surface area contributed by atoms with Gasteiger partial charge in [-0.1, -0.05) is 6.92 Å². The number of likely N-dealkylation sites (N-methyl/N-ethyl adjacent to an activating group) is 1. The molecule has 4 N–H and O–H groups in total. The predicted octanol–water partition coefficient (Wildman–Crippen LogP) is -1.48. The Hall–Kier alpha value is -1.83. The molecule has 0 spiro atoms. The molecule has 104 valence electrons. The van der Waals surface area contributed by atoms with Gasteiger partial charge in [0.25, 0.3) is 0 Å². The summed E-state index contributed by atoms with van der Waals surface area (Å²) in [4.78, 5) is 35.7. The van der Waals surface area contributed by atoms with Crippen LogP contribution in [0.15, 0.2) is 0 Å². The van der Waals surface area contributed by atoms with Gasteiger partial charge < -0.3 is 26.0 Å². The van der Waals surface area contributed by atoms with E-state index in [4.69, 9.17) is 10.8 Å². The first-order valence-corrected chi connectivity index (χ1v) is 5.58. The van der Waals surface area contributed by atoms with Gasteiger partial charge in [0, 0.05) is 13.1 Å². The monoisotopic (exact) mass is 260 g/mol. The molecular weight excluding hydrogens is 240 g/mol. The third-order valence-corrected chi connectivity index (χ3v) is 2.27. The van der Waals surface area contributed by atoms with Gasteiger partial charge in [-0.2, -0.15) is 0 Å². The van der Waals surface area contributed by atoms with Crippen molar-refractivity contribution in [1.29, 1.82) is 0 Å². The lowest BCUT2D eigenvalue weighted by Crippen LogP contribution is -2.48. The van der Waals surface area contributed by atoms with Crippen LogP contribution in [0.1, 0.15) is 6.92 Å². The molecule has 8 nitrogen and oxygen atoms in total. The molecule has 0 unspecified atom stereocenters. The van der Waals surface area contributed by atoms with Crippen LogP contribution in [0.4, 0.5) is 4.79 Å². The number of aliphatic carboxylic acids is 1. The van der Waals surface area contributed by atoms with Gasteiger partial charge in [-0.05, 0) is 13.6 Å². The number of urea groups is 1. The molecule has 8 heteroatoms. The number of nitrogens with two attached hydrogens (primary N) is 1. The Kier molecular flexibility index (Phi) is 7.45. The number of carbonyl (C=O) groups is 3. The van der Waals surface area contributed by atoms with Crippen molar-refractivity contribution >= 4 is 17.9 Å². The number of rotatable bonds is 8. The lowest BCUT2D eigenvalue weighted by molar-refractivity contribution is -0.137. The largest absolute Gasteiger partial charge is 0.480 e. The summed E-state index contributed by atoms with van der Waals surface area (Å²) in [6, 6.07) is -0.610. The van der Waals surface area contributed by atoms with Gasteiger partial charge >= 0.3 is 12.0 Å². The van der Waals surface area contributed by atoms with Crippen molar-refractivity contribution in [3.8, 4) is 0 Å². The molecule has 0 aliphatic heterocycles. The maximum atomic E-state index is 11.6. The predicted molar refractivity (Wildman–Crippen MR) is 65.0 cm³/mol. The van der Waals surface area contributed by atoms with Crippen LogP contribution in [0.25, 0.3) is 0 Å². The SMILES string of the molecule is CCN(C)CCNC(=O)N(CC(N)=O)CC(=O)O. The normalized spacial score (nSPS) is 10.2. The summed E-state index contributed by atoms with van der Waals surface area (Å²) >= 11 is 0. The number of primary amides is 1. The minimum absolute atomic E-state index is 0.373. The Bertz CT molecular complexity index is 292. The highest BCUT2D eigenvalue weighted by molar-refractivity contribution is 5.85. The molecule has 0 aromatic heterocycles. The summed E-state index contributed by atoms with van der Waals surface area (Å²) in [6.45, 7) is 2.86. The van der Waals surface area contributed by atoms with Gasteiger partial charge in [0.1, 0.15) is 13.1 Å². The van der Waals surface area contributed by atoms with E-state index in [0.29, 0.717) is 13.1 Å². The maximum absolute atomic E-state index is 11.6. The number of carboxylic acids is 1. The summed E-state index contributed by atoms with van der Waals surface area (Å²) in [5, 5.41) is 11.1. The van der Waals surface area contributed by atoms with E-state index in [9.17, 15) is 14.4 Å². The summed E-state index contributed by atoms with van der Waals surface area (Å²) in [6.07, 6.45) is 0. The summed E-state index contributed by atoms with van der Waals surface area (Å²) in [5.74, 6) is -1.95. The highest BCUT2D eigenvalue weighted by atomic mass is 16.4. The van der Waals surface area contributed by atoms with Crippen LogP contribution in [0.3, 0.4) is 0 Å². The number of amides is 3. The van der Waals surface area contributed by atoms with Crippen LogP contribution in [0, 0.1) is 0 Å². The third kappa shape index (κ3) is 7.44. The average molecular weight is 260 g/mol. The van der Waals surface area contributed by atoms with Crippen LogP contribution >= 0.6 is 0 Å². The summed E-state index contributed by atoms with van der Waals surface area (Å²) in [7, 11) is 1.89. The van der Waals surface area contributed by atoms with Gasteiger partial charge in [0.2, 0.25) is 5.91 Å². The Morgan fingerprint density at radius 1 is 1.28 bits per heavy atom. The molecule has 0 atom stereocenters. The molecule has 0 fully saturated rings. The molecule has 0 aliphatic carbocycles. The fraction of sp³-hybridized carbons (Fsp3) is 0.700. The molecule has 0 aliphatic rings. The molecule has 0 rings (SSSR count). The fourth-order valence-electron chi connectivity index (χ4n) is 1.17. The number of nitrogens with one attached hydrogen (secondary N) is 1. The van der Waals surface area contributed by atoms with Gasteiger partial charge in [-0.3, -0.25) is 9.59 Å². The Labute approximate surface area is 106 Å². The zero-order chi connectivity index (χ0) is 14.1. The van der Waals surface area contributed by atoms with Crippen molar-refractivity contribution in [2.75, 3.05) is 39.8 Å². The molecule has 0 saturated heterocycles. The first-order valence-electron chi connectivity index (χ1n) is 5.58. The van der Waals surface area contributed by atoms with E-state index < -0.39 is 31.0 Å². The van der Waals surface area contributed by atoms with E-state index in [-0.39, 0.29) is 0 Å². The van der Waals surface area contributed by atoms with Crippen LogP contribution in [0.2, 0.25) is 0 Å². The van der Waals surface area contributed by atoms with E-state index in [0.717, 1.165) is 11.4 Å². The maximum Gasteiger partial charge on any atom is 0.323 e. The molecule has 0 bridgehead atoms. The van der Waals surface area contributed by atoms with Crippen LogP contribution < -0.4 is 11.1 Å². The quantitative estimate of drug-likeness (QED) is 0.492. The first-order chi connectivity index (χ1) is 8.36. The second-order valence-electron chi connectivity index (χ2n) is 3.84. The highest BCUT2D eigenvalue weighted by Gasteiger charge is 2.18. The molecule has 3 amide bonds. The van der Waals surface area contributed by atoms with Crippen molar-refractivity contribution in [3.05, 3.63) is 0 Å². The minimum atomic E-state index is -1.20. The third-order valence-electron chi connectivity index (χ3n) is 2.27. The lowest BCUT2D eigenvalue weighted by atomic mass is 10.4. The lowest BCUT2D eigenvalue weighted by Gasteiger charge is -2.20. The van der Waals surface area contributed by atoms with E-state index in [1.165, 1.54) is 0 Å². The average Bonchev–Trinajstić information content (AvgIpc) is 2.26. The van der Waals surface area contributed by atoms with E-state index in [2.05, 4.69) is 5.32 Å². The number of hydrogen-bond acceptors (Lipinski definition) is 4. The molecule has 0 radical (unpaired) electrons. The van der Waals surface area contributed by atoms with Crippen molar-refractivity contribution in [2.45, 2.75) is 6.92 Å². The second-order valence-corrected chi connectivity index (χ2v) is 3.84. The van der Waals surface area contributed by atoms with Crippen molar-refractivity contribution in [1.82, 2.24) is 15.1 Å². The molecule has 0 saturated carbocycles. The second kappa shape index (κ2) is 8.29. The standard InChI is InChI=1S/C10H20N4O4/c1-3-13(2)5-4-12-10(18)14(6-8(11)15)7-9(16)17/h3-7H2,1-2H3,(H2,11,15)(H,12,18)(H,16,17). The molecule has 0 aromatic rings. The molecule has 18 heavy (non-hydrogen) atoms. The van der Waals surface area contributed by atoms with Crippen LogP contribution in [0.5, 0.6) is 0 Å². The van der Waals surface area contributed by atoms with Crippen molar-refractivity contribution in [2.24, 2.45) is 5.73 Å². The van der Waals surface area contributed by atoms with E-state index >= 15 is 0 Å². The first kappa shape index (κ1) is 16.2. The zero-order valence-corrected chi connectivity index (χ0v) is 10.7. The van der Waals surface area contributed by atoms with Crippen LogP contribution in [-0.4, -0.2) is 72.6 Å². The molecule has 0 aromatic carbocycles. The number of hydrogen-bond donors (Lipinski definition) is 3. The highest BCUT2D eigenvalue weighted by Crippen LogP contribution is 1.90. The Balaban J connectivity index is 4.20. The Morgan fingerprint density at radius 2 is 1.89 bits per heavy atom. The number of carboxylic acid groups (broad SMARTS) is 1. The fourth-order valence-corrected chi connectivity index (χ4v) is 1.17. The Morgan fingerprint density at radius 3 is 2.33 bits per heavy atom. The van der Waals surface area contributed by atoms with Gasteiger partial charge in [0.05, 0.1) is 0 Å². The number of carbonyl (C=O) groups excluding carboxylic acids is 2. The minimum Gasteiger partial charge on any atom is -0.480 e. The van der Waals surface area contributed by atoms with Gasteiger partial charge in [0.15, 0.2) is 0 Å². The van der Waals surface area contributed by atoms with Crippen LogP contribution in [-0.2, 0) is 9.59 Å². The van der Waals surface area contributed by atoms with E-state index in [1.54, 1.807) is 0 Å². The smallest absolute Gasteiger partial charge is 0.323 e. The topological polar surface area (TPSA) is 116 Å². The van der Waals surface area contributed by atoms with E-state index in [1.807, 2.05) is 18.9 Å². The molecular formula is C10H20N4O4. The number of nitrogens with zero attached hydrogens (tertiary/aromatic N) is 2. The van der Waals surface area contributed by atoms with Crippen molar-refractivity contribution < 1.29 is 19.5 Å². The van der Waals surface area contributed by atoms with Gasteiger partial charge in [-0.25, -0.2) is 4.79 Å². The van der Waals surface area contributed by atoms with Gasteiger partial charge in [-0.15, -0.1) is 0 Å². The van der Waals surface area contributed by atoms with Crippen molar-refractivity contribution in [3.63, 3.8) is 0 Å². The summed E-state index contributed by atoms with van der Waals surface area (Å²) < 4.78 is 0. The summed E-state index contributed by atoms with van der Waals surface area (Å²) in [5.41, 5.74) is 4.94.